The largest absolute Gasteiger partial charge is 0.330 e. The highest BCUT2D eigenvalue weighted by atomic mass is 32.2. The summed E-state index contributed by atoms with van der Waals surface area (Å²) in [5.41, 5.74) is 5.35. The molecule has 5 heteroatoms. The first kappa shape index (κ1) is 13.9. The maximum absolute atomic E-state index is 11.6. The molecule has 14 heavy (non-hydrogen) atoms. The molecular weight excluding hydrogens is 200 g/mol. The Labute approximate surface area is 87.5 Å². The van der Waals surface area contributed by atoms with Gasteiger partial charge in [0.15, 0.2) is 0 Å². The second-order valence-corrected chi connectivity index (χ2v) is 6.36. The third kappa shape index (κ3) is 4.39. The minimum Gasteiger partial charge on any atom is -0.330 e. The lowest BCUT2D eigenvalue weighted by atomic mass is 10.2. The molecule has 0 rings (SSSR count). The maximum Gasteiger partial charge on any atom is 0.216 e. The Morgan fingerprint density at radius 3 is 2.21 bits per heavy atom. The molecule has 0 saturated heterocycles. The summed E-state index contributed by atoms with van der Waals surface area (Å²) >= 11 is 0. The average molecular weight is 222 g/mol. The second kappa shape index (κ2) is 6.37. The number of nitrogens with zero attached hydrogens (tertiary/aromatic N) is 1. The molecule has 0 aliphatic heterocycles. The van der Waals surface area contributed by atoms with E-state index in [1.54, 1.807) is 20.9 Å². The van der Waals surface area contributed by atoms with Crippen molar-refractivity contribution >= 4 is 10.0 Å². The van der Waals surface area contributed by atoms with E-state index in [2.05, 4.69) is 0 Å². The van der Waals surface area contributed by atoms with Gasteiger partial charge in [0.25, 0.3) is 0 Å². The van der Waals surface area contributed by atoms with Crippen LogP contribution in [0.25, 0.3) is 0 Å². The highest BCUT2D eigenvalue weighted by Gasteiger charge is 2.20. The highest BCUT2D eigenvalue weighted by Crippen LogP contribution is 2.07. The van der Waals surface area contributed by atoms with Crippen LogP contribution in [0, 0.1) is 0 Å². The number of rotatable bonds is 7. The minimum atomic E-state index is -3.06. The van der Waals surface area contributed by atoms with Crippen LogP contribution in [0.1, 0.15) is 33.1 Å². The zero-order chi connectivity index (χ0) is 11.2. The van der Waals surface area contributed by atoms with Crippen LogP contribution in [0.5, 0.6) is 0 Å². The molecule has 0 bridgehead atoms. The molecule has 0 fully saturated rings. The van der Waals surface area contributed by atoms with Crippen LogP contribution < -0.4 is 5.73 Å². The molecule has 86 valence electrons. The summed E-state index contributed by atoms with van der Waals surface area (Å²) in [5, 5.41) is -0.331. The summed E-state index contributed by atoms with van der Waals surface area (Å²) in [6.07, 6.45) is 2.85. The molecule has 0 heterocycles. The molecule has 0 aromatic rings. The first-order valence-electron chi connectivity index (χ1n) is 5.08. The predicted molar refractivity (Wildman–Crippen MR) is 59.6 cm³/mol. The SMILES string of the molecule is CC(C)S(=O)(=O)N(C)CCCCCN. The fourth-order valence-corrected chi connectivity index (χ4v) is 2.25. The standard InChI is InChI=1S/C9H22N2O2S/c1-9(2)14(12,13)11(3)8-6-4-5-7-10/h9H,4-8,10H2,1-3H3. The van der Waals surface area contributed by atoms with Crippen molar-refractivity contribution in [2.24, 2.45) is 5.73 Å². The summed E-state index contributed by atoms with van der Waals surface area (Å²) in [6.45, 7) is 4.68. The fraction of sp³-hybridized carbons (Fsp3) is 1.00. The Kier molecular flexibility index (Phi) is 6.31. The lowest BCUT2D eigenvalue weighted by molar-refractivity contribution is 0.447. The van der Waals surface area contributed by atoms with Crippen LogP contribution in [0.15, 0.2) is 0 Å². The van der Waals surface area contributed by atoms with Gasteiger partial charge in [-0.05, 0) is 33.2 Å². The molecule has 0 aromatic carbocycles. The molecule has 0 aromatic heterocycles. The Hall–Kier alpha value is -0.130. The molecule has 0 amide bonds. The normalized spacial score (nSPS) is 12.7. The van der Waals surface area contributed by atoms with Gasteiger partial charge in [-0.2, -0.15) is 0 Å². The van der Waals surface area contributed by atoms with Gasteiger partial charge < -0.3 is 5.73 Å². The van der Waals surface area contributed by atoms with Gasteiger partial charge in [-0.3, -0.25) is 0 Å². The van der Waals surface area contributed by atoms with Crippen molar-refractivity contribution < 1.29 is 8.42 Å². The maximum atomic E-state index is 11.6. The van der Waals surface area contributed by atoms with Crippen molar-refractivity contribution in [2.45, 2.75) is 38.4 Å². The number of nitrogens with two attached hydrogens (primary N) is 1. The van der Waals surface area contributed by atoms with Crippen molar-refractivity contribution in [2.75, 3.05) is 20.1 Å². The first-order chi connectivity index (χ1) is 6.42. The quantitative estimate of drug-likeness (QED) is 0.648. The van der Waals surface area contributed by atoms with Crippen LogP contribution >= 0.6 is 0 Å². The zero-order valence-corrected chi connectivity index (χ0v) is 10.2. The molecule has 4 nitrogen and oxygen atoms in total. The van der Waals surface area contributed by atoms with E-state index in [4.69, 9.17) is 5.73 Å². The molecule has 0 atom stereocenters. The number of hydrogen-bond donors (Lipinski definition) is 1. The molecule has 0 spiro atoms. The minimum absolute atomic E-state index is 0.331. The van der Waals surface area contributed by atoms with Crippen LogP contribution in [-0.4, -0.2) is 38.1 Å². The lowest BCUT2D eigenvalue weighted by Gasteiger charge is -2.19. The van der Waals surface area contributed by atoms with Gasteiger partial charge in [0.1, 0.15) is 0 Å². The summed E-state index contributed by atoms with van der Waals surface area (Å²) in [6, 6.07) is 0. The number of hydrogen-bond acceptors (Lipinski definition) is 3. The van der Waals surface area contributed by atoms with Crippen LogP contribution in [0.2, 0.25) is 0 Å². The number of unbranched alkanes of at least 4 members (excludes halogenated alkanes) is 2. The van der Waals surface area contributed by atoms with Gasteiger partial charge in [-0.15, -0.1) is 0 Å². The summed E-state index contributed by atoms with van der Waals surface area (Å²) in [7, 11) is -1.43. The Morgan fingerprint density at radius 1 is 1.21 bits per heavy atom. The molecule has 0 radical (unpaired) electrons. The molecule has 0 aliphatic rings. The monoisotopic (exact) mass is 222 g/mol. The van der Waals surface area contributed by atoms with E-state index in [9.17, 15) is 8.42 Å². The number of sulfonamides is 1. The Bertz CT molecular complexity index is 237. The topological polar surface area (TPSA) is 63.4 Å². The molecule has 0 unspecified atom stereocenters. The van der Waals surface area contributed by atoms with Crippen molar-refractivity contribution in [3.8, 4) is 0 Å². The van der Waals surface area contributed by atoms with Crippen molar-refractivity contribution in [1.82, 2.24) is 4.31 Å². The van der Waals surface area contributed by atoms with E-state index in [0.717, 1.165) is 19.3 Å². The molecule has 0 saturated carbocycles. The van der Waals surface area contributed by atoms with Gasteiger partial charge in [-0.25, -0.2) is 12.7 Å². The third-order valence-corrected chi connectivity index (χ3v) is 4.45. The zero-order valence-electron chi connectivity index (χ0n) is 9.36. The predicted octanol–water partition coefficient (Wildman–Crippen LogP) is 0.785. The van der Waals surface area contributed by atoms with E-state index < -0.39 is 10.0 Å². The van der Waals surface area contributed by atoms with Gasteiger partial charge in [0.05, 0.1) is 5.25 Å². The van der Waals surface area contributed by atoms with Crippen molar-refractivity contribution in [3.63, 3.8) is 0 Å². The lowest BCUT2D eigenvalue weighted by Crippen LogP contribution is -2.33. The van der Waals surface area contributed by atoms with Crippen molar-refractivity contribution in [3.05, 3.63) is 0 Å². The Balaban J connectivity index is 3.90. The van der Waals surface area contributed by atoms with Crippen LogP contribution in [0.3, 0.4) is 0 Å². The molecule has 0 aliphatic carbocycles. The summed E-state index contributed by atoms with van der Waals surface area (Å²) in [5.74, 6) is 0. The van der Waals surface area contributed by atoms with Crippen molar-refractivity contribution in [1.29, 1.82) is 0 Å². The van der Waals surface area contributed by atoms with Gasteiger partial charge in [0.2, 0.25) is 10.0 Å². The first-order valence-corrected chi connectivity index (χ1v) is 6.58. The van der Waals surface area contributed by atoms with Gasteiger partial charge >= 0.3 is 0 Å². The summed E-state index contributed by atoms with van der Waals surface area (Å²) in [4.78, 5) is 0. The van der Waals surface area contributed by atoms with E-state index in [1.165, 1.54) is 4.31 Å². The summed E-state index contributed by atoms with van der Waals surface area (Å²) < 4.78 is 24.6. The van der Waals surface area contributed by atoms with E-state index in [1.807, 2.05) is 0 Å². The second-order valence-electron chi connectivity index (χ2n) is 3.76. The fourth-order valence-electron chi connectivity index (χ4n) is 1.14. The average Bonchev–Trinajstić information content (AvgIpc) is 2.11. The van der Waals surface area contributed by atoms with E-state index in [-0.39, 0.29) is 5.25 Å². The smallest absolute Gasteiger partial charge is 0.216 e. The third-order valence-electron chi connectivity index (χ3n) is 2.21. The van der Waals surface area contributed by atoms with E-state index in [0.29, 0.717) is 13.1 Å². The molecular formula is C9H22N2O2S. The molecule has 2 N–H and O–H groups in total. The van der Waals surface area contributed by atoms with Gasteiger partial charge in [0, 0.05) is 13.6 Å². The Morgan fingerprint density at radius 2 is 1.79 bits per heavy atom. The van der Waals surface area contributed by atoms with Crippen LogP contribution in [-0.2, 0) is 10.0 Å². The van der Waals surface area contributed by atoms with Crippen LogP contribution in [0.4, 0.5) is 0 Å². The highest BCUT2D eigenvalue weighted by molar-refractivity contribution is 7.89. The van der Waals surface area contributed by atoms with Gasteiger partial charge in [-0.1, -0.05) is 6.42 Å². The van der Waals surface area contributed by atoms with E-state index >= 15 is 0 Å².